The third-order valence-electron chi connectivity index (χ3n) is 3.01. The monoisotopic (exact) mass is 361 g/mol. The normalized spacial score (nSPS) is 10.2. The first-order valence-corrected chi connectivity index (χ1v) is 7.73. The number of benzene rings is 1. The lowest BCUT2D eigenvalue weighted by atomic mass is 10.1. The maximum absolute atomic E-state index is 13.6. The zero-order valence-corrected chi connectivity index (χ0v) is 14.2. The molecule has 2 rings (SSSR count). The van der Waals surface area contributed by atoms with Crippen molar-refractivity contribution < 1.29 is 13.6 Å². The van der Waals surface area contributed by atoms with Gasteiger partial charge in [-0.25, -0.2) is 13.8 Å². The van der Waals surface area contributed by atoms with E-state index in [1.807, 2.05) is 7.05 Å². The van der Waals surface area contributed by atoms with Crippen LogP contribution in [0.4, 0.5) is 13.9 Å². The van der Waals surface area contributed by atoms with Crippen LogP contribution in [0.1, 0.15) is 23.3 Å². The van der Waals surface area contributed by atoms with Crippen LogP contribution in [-0.2, 0) is 11.2 Å². The SMILES string of the molecule is CNCCCC(=O)Nc1ncc(Cc2ccc(F)cc2F)s1.Cl. The number of carbonyl (C=O) groups excluding carboxylic acids is 1. The molecule has 1 aromatic carbocycles. The summed E-state index contributed by atoms with van der Waals surface area (Å²) in [5.74, 6) is -1.27. The molecule has 8 heteroatoms. The second-order valence-electron chi connectivity index (χ2n) is 4.80. The molecule has 0 unspecified atom stereocenters. The molecular formula is C15H18ClF2N3OS. The molecular weight excluding hydrogens is 344 g/mol. The van der Waals surface area contributed by atoms with Crippen molar-refractivity contribution in [1.82, 2.24) is 10.3 Å². The van der Waals surface area contributed by atoms with Gasteiger partial charge in [-0.05, 0) is 31.6 Å². The second kappa shape index (κ2) is 9.54. The van der Waals surface area contributed by atoms with E-state index in [9.17, 15) is 13.6 Å². The molecule has 23 heavy (non-hydrogen) atoms. The maximum Gasteiger partial charge on any atom is 0.226 e. The Labute approximate surface area is 143 Å². The Bertz CT molecular complexity index is 651. The highest BCUT2D eigenvalue weighted by Crippen LogP contribution is 2.22. The molecule has 1 aromatic heterocycles. The number of rotatable bonds is 7. The van der Waals surface area contributed by atoms with Gasteiger partial charge in [-0.3, -0.25) is 4.79 Å². The predicted octanol–water partition coefficient (Wildman–Crippen LogP) is 3.37. The van der Waals surface area contributed by atoms with Crippen LogP contribution in [-0.4, -0.2) is 24.5 Å². The van der Waals surface area contributed by atoms with Crippen LogP contribution < -0.4 is 10.6 Å². The highest BCUT2D eigenvalue weighted by Gasteiger charge is 2.09. The Morgan fingerprint density at radius 2 is 2.13 bits per heavy atom. The summed E-state index contributed by atoms with van der Waals surface area (Å²) in [7, 11) is 1.83. The van der Waals surface area contributed by atoms with Gasteiger partial charge in [0.05, 0.1) is 0 Å². The number of aromatic nitrogens is 1. The maximum atomic E-state index is 13.6. The van der Waals surface area contributed by atoms with E-state index in [1.54, 1.807) is 6.20 Å². The number of amides is 1. The van der Waals surface area contributed by atoms with E-state index in [-0.39, 0.29) is 18.3 Å². The number of nitrogens with one attached hydrogen (secondary N) is 2. The number of hydrogen-bond donors (Lipinski definition) is 2. The Balaban J connectivity index is 0.00000264. The largest absolute Gasteiger partial charge is 0.320 e. The molecule has 0 bridgehead atoms. The van der Waals surface area contributed by atoms with Crippen LogP contribution in [0.15, 0.2) is 24.4 Å². The Hall–Kier alpha value is -1.57. The molecule has 0 radical (unpaired) electrons. The first kappa shape index (κ1) is 19.5. The minimum atomic E-state index is -0.597. The molecule has 4 nitrogen and oxygen atoms in total. The van der Waals surface area contributed by atoms with Crippen LogP contribution in [0, 0.1) is 11.6 Å². The molecule has 0 spiro atoms. The van der Waals surface area contributed by atoms with Crippen LogP contribution in [0.2, 0.25) is 0 Å². The van der Waals surface area contributed by atoms with Gasteiger partial charge in [0.2, 0.25) is 5.91 Å². The number of nitrogens with zero attached hydrogens (tertiary/aromatic N) is 1. The molecule has 0 saturated carbocycles. The molecule has 2 aromatic rings. The summed E-state index contributed by atoms with van der Waals surface area (Å²) in [5, 5.41) is 6.18. The molecule has 0 aliphatic carbocycles. The quantitative estimate of drug-likeness (QED) is 0.743. The lowest BCUT2D eigenvalue weighted by Gasteiger charge is -2.01. The fraction of sp³-hybridized carbons (Fsp3) is 0.333. The summed E-state index contributed by atoms with van der Waals surface area (Å²) in [6, 6.07) is 3.51. The lowest BCUT2D eigenvalue weighted by molar-refractivity contribution is -0.116. The van der Waals surface area contributed by atoms with Crippen LogP contribution >= 0.6 is 23.7 Å². The van der Waals surface area contributed by atoms with Crippen molar-refractivity contribution in [1.29, 1.82) is 0 Å². The summed E-state index contributed by atoms with van der Waals surface area (Å²) in [6.45, 7) is 0.778. The highest BCUT2D eigenvalue weighted by atomic mass is 35.5. The van der Waals surface area contributed by atoms with Gasteiger partial charge in [0.1, 0.15) is 11.6 Å². The Kier molecular flexibility index (Phi) is 8.08. The summed E-state index contributed by atoms with van der Waals surface area (Å²) >= 11 is 1.29. The average molecular weight is 362 g/mol. The van der Waals surface area contributed by atoms with E-state index in [1.165, 1.54) is 23.5 Å². The average Bonchev–Trinajstić information content (AvgIpc) is 2.89. The summed E-state index contributed by atoms with van der Waals surface area (Å²) in [6.07, 6.45) is 3.08. The van der Waals surface area contributed by atoms with Crippen LogP contribution in [0.3, 0.4) is 0 Å². The molecule has 1 amide bonds. The third-order valence-corrected chi connectivity index (χ3v) is 3.92. The minimum Gasteiger partial charge on any atom is -0.320 e. The smallest absolute Gasteiger partial charge is 0.226 e. The zero-order valence-electron chi connectivity index (χ0n) is 12.6. The van der Waals surface area contributed by atoms with Gasteiger partial charge in [0.25, 0.3) is 0 Å². The summed E-state index contributed by atoms with van der Waals surface area (Å²) in [4.78, 5) is 16.6. The van der Waals surface area contributed by atoms with Crippen molar-refractivity contribution in [3.63, 3.8) is 0 Å². The Morgan fingerprint density at radius 3 is 2.83 bits per heavy atom. The molecule has 0 fully saturated rings. The third kappa shape index (κ3) is 6.21. The van der Waals surface area contributed by atoms with Gasteiger partial charge in [-0.15, -0.1) is 23.7 Å². The minimum absolute atomic E-state index is 0. The second-order valence-corrected chi connectivity index (χ2v) is 5.91. The number of anilines is 1. The van der Waals surface area contributed by atoms with Crippen molar-refractivity contribution in [3.05, 3.63) is 46.5 Å². The fourth-order valence-electron chi connectivity index (χ4n) is 1.91. The predicted molar refractivity (Wildman–Crippen MR) is 90.3 cm³/mol. The van der Waals surface area contributed by atoms with Gasteiger partial charge in [-0.1, -0.05) is 6.07 Å². The van der Waals surface area contributed by atoms with E-state index in [2.05, 4.69) is 15.6 Å². The van der Waals surface area contributed by atoms with Gasteiger partial charge in [0.15, 0.2) is 5.13 Å². The van der Waals surface area contributed by atoms with Crippen LogP contribution in [0.25, 0.3) is 0 Å². The summed E-state index contributed by atoms with van der Waals surface area (Å²) < 4.78 is 26.5. The molecule has 2 N–H and O–H groups in total. The molecule has 0 atom stereocenters. The first-order chi connectivity index (χ1) is 10.6. The molecule has 126 valence electrons. The number of halogens is 3. The highest BCUT2D eigenvalue weighted by molar-refractivity contribution is 7.15. The standard InChI is InChI=1S/C15H17F2N3OS.ClH/c1-18-6-2-3-14(21)20-15-19-9-12(22-15)7-10-4-5-11(16)8-13(10)17;/h4-5,8-9,18H,2-3,6-7H2,1H3,(H,19,20,21);1H. The van der Waals surface area contributed by atoms with E-state index < -0.39 is 11.6 Å². The first-order valence-electron chi connectivity index (χ1n) is 6.91. The number of hydrogen-bond acceptors (Lipinski definition) is 4. The van der Waals surface area contributed by atoms with E-state index in [0.717, 1.165) is 23.9 Å². The fourth-order valence-corrected chi connectivity index (χ4v) is 2.76. The van der Waals surface area contributed by atoms with E-state index >= 15 is 0 Å². The Morgan fingerprint density at radius 1 is 1.35 bits per heavy atom. The lowest BCUT2D eigenvalue weighted by Crippen LogP contribution is -2.15. The molecule has 0 aliphatic heterocycles. The van der Waals surface area contributed by atoms with Gasteiger partial charge in [0, 0.05) is 30.0 Å². The number of thiazole rings is 1. The van der Waals surface area contributed by atoms with E-state index in [0.29, 0.717) is 23.5 Å². The van der Waals surface area contributed by atoms with Crippen LogP contribution in [0.5, 0.6) is 0 Å². The van der Waals surface area contributed by atoms with E-state index in [4.69, 9.17) is 0 Å². The van der Waals surface area contributed by atoms with Gasteiger partial charge < -0.3 is 10.6 Å². The topological polar surface area (TPSA) is 54.0 Å². The molecule has 0 saturated heterocycles. The number of carbonyl (C=O) groups is 1. The van der Waals surface area contributed by atoms with Crippen molar-refractivity contribution >= 4 is 34.8 Å². The van der Waals surface area contributed by atoms with Gasteiger partial charge in [-0.2, -0.15) is 0 Å². The van der Waals surface area contributed by atoms with Crippen molar-refractivity contribution in [2.75, 3.05) is 18.9 Å². The molecule has 0 aliphatic rings. The van der Waals surface area contributed by atoms with Crippen molar-refractivity contribution in [3.8, 4) is 0 Å². The van der Waals surface area contributed by atoms with Crippen molar-refractivity contribution in [2.24, 2.45) is 0 Å². The molecule has 1 heterocycles. The summed E-state index contributed by atoms with van der Waals surface area (Å²) in [5.41, 5.74) is 0.400. The zero-order chi connectivity index (χ0) is 15.9. The van der Waals surface area contributed by atoms with Gasteiger partial charge >= 0.3 is 0 Å². The van der Waals surface area contributed by atoms with Crippen molar-refractivity contribution in [2.45, 2.75) is 19.3 Å².